The number of hydrogen-bond donors (Lipinski definition) is 3. The van der Waals surface area contributed by atoms with Crippen LogP contribution < -0.4 is 16.4 Å². The van der Waals surface area contributed by atoms with Gasteiger partial charge in [0, 0.05) is 17.5 Å². The monoisotopic (exact) mass is 348 g/mol. The van der Waals surface area contributed by atoms with Crippen LogP contribution in [0.5, 0.6) is 0 Å². The third kappa shape index (κ3) is 2.95. The number of anilines is 1. The zero-order chi connectivity index (χ0) is 18.1. The van der Waals surface area contributed by atoms with Crippen LogP contribution in [0.2, 0.25) is 0 Å². The van der Waals surface area contributed by atoms with Gasteiger partial charge in [-0.1, -0.05) is 18.2 Å². The van der Waals surface area contributed by atoms with Crippen molar-refractivity contribution in [2.75, 3.05) is 5.43 Å². The number of amides is 1. The van der Waals surface area contributed by atoms with Crippen LogP contribution in [0.1, 0.15) is 39.1 Å². The summed E-state index contributed by atoms with van der Waals surface area (Å²) in [6, 6.07) is 12.0. The van der Waals surface area contributed by atoms with Gasteiger partial charge in [0.2, 0.25) is 5.95 Å². The number of Topliss-reactive ketones (excluding diaryl/α,β-unsaturated/α-hetero) is 1. The number of aromatic nitrogens is 2. The highest BCUT2D eigenvalue weighted by molar-refractivity contribution is 6.01. The first-order chi connectivity index (χ1) is 12.6. The van der Waals surface area contributed by atoms with E-state index in [1.165, 1.54) is 0 Å². The van der Waals surface area contributed by atoms with Crippen molar-refractivity contribution in [3.63, 3.8) is 0 Å². The standard InChI is InChI=1S/C19H16N4O3/c24-16-7-3-4-11-10-12(8-9-13(11)16)17(25)22-23-19-20-15-6-2-1-5-14(15)18(26)21-19/h1-2,5-6,8-10H,3-4,7H2,(H,22,25)(H2,20,21,23,26). The number of aromatic amines is 1. The van der Waals surface area contributed by atoms with E-state index in [-0.39, 0.29) is 23.2 Å². The van der Waals surface area contributed by atoms with Gasteiger partial charge in [0.25, 0.3) is 11.5 Å². The topological polar surface area (TPSA) is 104 Å². The Balaban J connectivity index is 1.52. The van der Waals surface area contributed by atoms with E-state index in [9.17, 15) is 14.4 Å². The summed E-state index contributed by atoms with van der Waals surface area (Å²) in [5.41, 5.74) is 7.42. The number of benzene rings is 2. The zero-order valence-electron chi connectivity index (χ0n) is 13.8. The Bertz CT molecular complexity index is 1090. The van der Waals surface area contributed by atoms with Gasteiger partial charge >= 0.3 is 0 Å². The number of aryl methyl sites for hydroxylation is 1. The Morgan fingerprint density at radius 1 is 1.08 bits per heavy atom. The number of H-pyrrole nitrogens is 1. The van der Waals surface area contributed by atoms with Crippen LogP contribution in [-0.2, 0) is 6.42 Å². The SMILES string of the molecule is O=C(NNc1nc2ccccc2c(=O)[nH]1)c1ccc2c(c1)CCCC2=O. The van der Waals surface area contributed by atoms with Gasteiger partial charge in [-0.05, 0) is 42.7 Å². The molecule has 7 nitrogen and oxygen atoms in total. The molecule has 1 amide bonds. The molecule has 0 bridgehead atoms. The molecule has 130 valence electrons. The van der Waals surface area contributed by atoms with Crippen molar-refractivity contribution in [1.29, 1.82) is 0 Å². The summed E-state index contributed by atoms with van der Waals surface area (Å²) in [7, 11) is 0. The summed E-state index contributed by atoms with van der Waals surface area (Å²) < 4.78 is 0. The first-order valence-electron chi connectivity index (χ1n) is 8.33. The summed E-state index contributed by atoms with van der Waals surface area (Å²) >= 11 is 0. The lowest BCUT2D eigenvalue weighted by atomic mass is 9.89. The van der Waals surface area contributed by atoms with Crippen LogP contribution in [0, 0.1) is 0 Å². The predicted molar refractivity (Wildman–Crippen MR) is 97.2 cm³/mol. The highest BCUT2D eigenvalue weighted by Gasteiger charge is 2.18. The third-order valence-corrected chi connectivity index (χ3v) is 4.43. The molecule has 7 heteroatoms. The van der Waals surface area contributed by atoms with Crippen molar-refractivity contribution in [3.05, 3.63) is 69.5 Å². The fraction of sp³-hybridized carbons (Fsp3) is 0.158. The van der Waals surface area contributed by atoms with Gasteiger partial charge < -0.3 is 0 Å². The molecule has 1 aliphatic rings. The quantitative estimate of drug-likeness (QED) is 0.630. The number of rotatable bonds is 3. The minimum atomic E-state index is -0.373. The molecule has 0 saturated carbocycles. The lowest BCUT2D eigenvalue weighted by Crippen LogP contribution is -2.31. The average Bonchev–Trinajstić information content (AvgIpc) is 2.66. The van der Waals surface area contributed by atoms with Crippen LogP contribution >= 0.6 is 0 Å². The number of nitrogens with zero attached hydrogens (tertiary/aromatic N) is 1. The van der Waals surface area contributed by atoms with Crippen molar-refractivity contribution in [2.24, 2.45) is 0 Å². The molecule has 0 fully saturated rings. The molecule has 1 aromatic heterocycles. The second-order valence-electron chi connectivity index (χ2n) is 6.16. The number of hydrogen-bond acceptors (Lipinski definition) is 5. The number of carbonyl (C=O) groups is 2. The molecule has 0 atom stereocenters. The molecule has 2 aromatic carbocycles. The smallest absolute Gasteiger partial charge is 0.269 e. The molecule has 4 rings (SSSR count). The van der Waals surface area contributed by atoms with E-state index in [1.54, 1.807) is 42.5 Å². The van der Waals surface area contributed by atoms with Crippen LogP contribution in [-0.4, -0.2) is 21.7 Å². The minimum Gasteiger partial charge on any atom is -0.294 e. The van der Waals surface area contributed by atoms with Gasteiger partial charge in [-0.2, -0.15) is 0 Å². The lowest BCUT2D eigenvalue weighted by Gasteiger charge is -2.15. The molecule has 0 aliphatic heterocycles. The molecular weight excluding hydrogens is 332 g/mol. The molecule has 0 saturated heterocycles. The summed E-state index contributed by atoms with van der Waals surface area (Å²) in [6.07, 6.45) is 2.15. The second kappa shape index (κ2) is 6.44. The fourth-order valence-corrected chi connectivity index (χ4v) is 3.12. The normalized spacial score (nSPS) is 13.3. The molecule has 3 aromatic rings. The molecule has 26 heavy (non-hydrogen) atoms. The summed E-state index contributed by atoms with van der Waals surface area (Å²) in [5, 5.41) is 0.476. The molecule has 0 unspecified atom stereocenters. The van der Waals surface area contributed by atoms with E-state index in [4.69, 9.17) is 0 Å². The average molecular weight is 348 g/mol. The second-order valence-corrected chi connectivity index (χ2v) is 6.16. The fourth-order valence-electron chi connectivity index (χ4n) is 3.12. The van der Waals surface area contributed by atoms with E-state index < -0.39 is 0 Å². The van der Waals surface area contributed by atoms with Gasteiger partial charge in [0.1, 0.15) is 0 Å². The maximum Gasteiger partial charge on any atom is 0.269 e. The van der Waals surface area contributed by atoms with E-state index in [0.29, 0.717) is 28.5 Å². The van der Waals surface area contributed by atoms with Crippen molar-refractivity contribution in [2.45, 2.75) is 19.3 Å². The number of ketones is 1. The number of fused-ring (bicyclic) bond motifs is 2. The van der Waals surface area contributed by atoms with Crippen molar-refractivity contribution in [3.8, 4) is 0 Å². The third-order valence-electron chi connectivity index (χ3n) is 4.43. The number of nitrogens with one attached hydrogen (secondary N) is 3. The van der Waals surface area contributed by atoms with Gasteiger partial charge in [0.15, 0.2) is 5.78 Å². The van der Waals surface area contributed by atoms with Crippen LogP contribution in [0.4, 0.5) is 5.95 Å². The minimum absolute atomic E-state index is 0.120. The highest BCUT2D eigenvalue weighted by atomic mass is 16.2. The van der Waals surface area contributed by atoms with Gasteiger partial charge in [-0.3, -0.25) is 30.2 Å². The summed E-state index contributed by atoms with van der Waals surface area (Å²) in [5.74, 6) is -0.105. The molecule has 0 spiro atoms. The maximum atomic E-state index is 12.4. The van der Waals surface area contributed by atoms with Crippen molar-refractivity contribution in [1.82, 2.24) is 15.4 Å². The van der Waals surface area contributed by atoms with Gasteiger partial charge in [-0.25, -0.2) is 4.98 Å². The summed E-state index contributed by atoms with van der Waals surface area (Å²) in [4.78, 5) is 43.1. The van der Waals surface area contributed by atoms with E-state index >= 15 is 0 Å². The molecule has 0 radical (unpaired) electrons. The molecule has 1 aliphatic carbocycles. The van der Waals surface area contributed by atoms with E-state index in [0.717, 1.165) is 18.4 Å². The summed E-state index contributed by atoms with van der Waals surface area (Å²) in [6.45, 7) is 0. The Hall–Kier alpha value is -3.48. The lowest BCUT2D eigenvalue weighted by molar-refractivity contribution is 0.0953. The Morgan fingerprint density at radius 2 is 1.92 bits per heavy atom. The van der Waals surface area contributed by atoms with E-state index in [1.807, 2.05) is 0 Å². The van der Waals surface area contributed by atoms with E-state index in [2.05, 4.69) is 20.8 Å². The van der Waals surface area contributed by atoms with Crippen LogP contribution in [0.3, 0.4) is 0 Å². The molecular formula is C19H16N4O3. The predicted octanol–water partition coefficient (Wildman–Crippen LogP) is 2.20. The Labute approximate surface area is 148 Å². The zero-order valence-corrected chi connectivity index (χ0v) is 13.8. The van der Waals surface area contributed by atoms with Crippen molar-refractivity contribution >= 4 is 28.5 Å². The Kier molecular flexibility index (Phi) is 3.96. The number of carbonyl (C=O) groups excluding carboxylic acids is 2. The van der Waals surface area contributed by atoms with Crippen LogP contribution in [0.15, 0.2) is 47.3 Å². The number of para-hydroxylation sites is 1. The first-order valence-corrected chi connectivity index (χ1v) is 8.33. The Morgan fingerprint density at radius 3 is 2.81 bits per heavy atom. The number of hydrazine groups is 1. The maximum absolute atomic E-state index is 12.4. The molecule has 3 N–H and O–H groups in total. The van der Waals surface area contributed by atoms with Gasteiger partial charge in [-0.15, -0.1) is 0 Å². The molecule has 1 heterocycles. The van der Waals surface area contributed by atoms with Crippen LogP contribution in [0.25, 0.3) is 10.9 Å². The van der Waals surface area contributed by atoms with Crippen molar-refractivity contribution < 1.29 is 9.59 Å². The highest BCUT2D eigenvalue weighted by Crippen LogP contribution is 2.22. The first kappa shape index (κ1) is 16.0. The largest absolute Gasteiger partial charge is 0.294 e. The van der Waals surface area contributed by atoms with Gasteiger partial charge in [0.05, 0.1) is 10.9 Å².